The Kier molecular flexibility index (Phi) is 6.31. The van der Waals surface area contributed by atoms with Gasteiger partial charge in [0.25, 0.3) is 15.6 Å². The van der Waals surface area contributed by atoms with Gasteiger partial charge in [0, 0.05) is 14.1 Å². The van der Waals surface area contributed by atoms with Crippen LogP contribution in [-0.4, -0.2) is 30.8 Å². The van der Waals surface area contributed by atoms with Crippen LogP contribution in [-0.2, 0) is 17.1 Å². The van der Waals surface area contributed by atoms with Crippen molar-refractivity contribution in [3.05, 3.63) is 106 Å². The zero-order valence-corrected chi connectivity index (χ0v) is 20.0. The quantitative estimate of drug-likeness (QED) is 0.301. The summed E-state index contributed by atoms with van der Waals surface area (Å²) in [7, 11) is -1.25. The number of esters is 1. The molecule has 0 N–H and O–H groups in total. The van der Waals surface area contributed by atoms with Crippen molar-refractivity contribution >= 4 is 21.7 Å². The molecule has 10 heteroatoms. The summed E-state index contributed by atoms with van der Waals surface area (Å²) in [6.45, 7) is 1.65. The Bertz CT molecular complexity index is 1560. The van der Waals surface area contributed by atoms with Crippen molar-refractivity contribution in [2.75, 3.05) is 11.4 Å². The summed E-state index contributed by atoms with van der Waals surface area (Å²) >= 11 is 0. The predicted molar refractivity (Wildman–Crippen MR) is 129 cm³/mol. The van der Waals surface area contributed by atoms with Crippen LogP contribution in [0.25, 0.3) is 5.69 Å². The average Bonchev–Trinajstić information content (AvgIpc) is 3.08. The van der Waals surface area contributed by atoms with E-state index in [0.29, 0.717) is 11.4 Å². The van der Waals surface area contributed by atoms with Crippen molar-refractivity contribution in [1.29, 1.82) is 0 Å². The summed E-state index contributed by atoms with van der Waals surface area (Å²) in [6, 6.07) is 19.0. The van der Waals surface area contributed by atoms with Gasteiger partial charge in [-0.05, 0) is 61.5 Å². The summed E-state index contributed by atoms with van der Waals surface area (Å²) < 4.78 is 49.0. The number of rotatable bonds is 6. The first kappa shape index (κ1) is 24.0. The number of ether oxygens (including phenoxy) is 1. The first-order chi connectivity index (χ1) is 16.6. The molecule has 0 unspecified atom stereocenters. The summed E-state index contributed by atoms with van der Waals surface area (Å²) in [5.41, 5.74) is 0.488. The molecule has 0 radical (unpaired) electrons. The largest absolute Gasteiger partial charge is 0.423 e. The minimum absolute atomic E-state index is 0.0179. The second kappa shape index (κ2) is 9.22. The highest BCUT2D eigenvalue weighted by Gasteiger charge is 2.29. The molecule has 180 valence electrons. The van der Waals surface area contributed by atoms with E-state index in [1.54, 1.807) is 42.9 Å². The molecular weight excluding hydrogens is 473 g/mol. The number of halogens is 1. The molecule has 0 aliphatic rings. The molecule has 1 aromatic heterocycles. The van der Waals surface area contributed by atoms with Crippen LogP contribution in [0.5, 0.6) is 5.75 Å². The Morgan fingerprint density at radius 3 is 2.29 bits per heavy atom. The highest BCUT2D eigenvalue weighted by atomic mass is 32.2. The molecule has 0 amide bonds. The molecule has 4 rings (SSSR count). The van der Waals surface area contributed by atoms with Gasteiger partial charge < -0.3 is 4.74 Å². The van der Waals surface area contributed by atoms with Gasteiger partial charge in [-0.1, -0.05) is 24.3 Å². The van der Waals surface area contributed by atoms with Crippen LogP contribution < -0.4 is 14.6 Å². The lowest BCUT2D eigenvalue weighted by Gasteiger charge is -2.18. The lowest BCUT2D eigenvalue weighted by Crippen LogP contribution is -2.32. The fraction of sp³-hybridized carbons (Fsp3) is 0.120. The normalized spacial score (nSPS) is 11.3. The molecule has 3 aromatic carbocycles. The highest BCUT2D eigenvalue weighted by molar-refractivity contribution is 7.92. The van der Waals surface area contributed by atoms with E-state index < -0.39 is 27.4 Å². The van der Waals surface area contributed by atoms with Crippen LogP contribution in [0.2, 0.25) is 0 Å². The van der Waals surface area contributed by atoms with Crippen molar-refractivity contribution in [2.45, 2.75) is 11.8 Å². The first-order valence-corrected chi connectivity index (χ1v) is 12.0. The van der Waals surface area contributed by atoms with E-state index in [-0.39, 0.29) is 21.9 Å². The number of hydrogen-bond acceptors (Lipinski definition) is 5. The van der Waals surface area contributed by atoms with Gasteiger partial charge in [-0.3, -0.25) is 13.8 Å². The fourth-order valence-electron chi connectivity index (χ4n) is 3.65. The molecule has 4 aromatic rings. The summed E-state index contributed by atoms with van der Waals surface area (Å²) in [4.78, 5) is 25.6. The third kappa shape index (κ3) is 4.47. The van der Waals surface area contributed by atoms with Crippen LogP contribution >= 0.6 is 0 Å². The number of carbonyl (C=O) groups excluding carboxylic acids is 1. The van der Waals surface area contributed by atoms with Gasteiger partial charge >= 0.3 is 5.97 Å². The minimum Gasteiger partial charge on any atom is -0.423 e. The van der Waals surface area contributed by atoms with E-state index in [1.807, 2.05) is 6.07 Å². The maximum Gasteiger partial charge on any atom is 0.343 e. The van der Waals surface area contributed by atoms with E-state index in [0.717, 1.165) is 16.4 Å². The van der Waals surface area contributed by atoms with Crippen LogP contribution in [0.1, 0.15) is 16.1 Å². The standard InChI is InChI=1S/C25H22FN3O5S/c1-17-23(24(30)29(27(17)2)20-9-5-4-6-10-20)28(3)35(32,33)22-11-7-8-18(16-22)25(31)34-21-14-12-19(26)13-15-21/h4-16H,1-3H3. The molecule has 0 atom stereocenters. The molecule has 0 aliphatic heterocycles. The van der Waals surface area contributed by atoms with E-state index in [1.165, 1.54) is 48.1 Å². The SMILES string of the molecule is Cc1c(N(C)S(=O)(=O)c2cccc(C(=O)Oc3ccc(F)cc3)c2)c(=O)n(-c2ccccc2)n1C. The number of aromatic nitrogens is 2. The monoisotopic (exact) mass is 495 g/mol. The summed E-state index contributed by atoms with van der Waals surface area (Å²) in [5.74, 6) is -1.18. The second-order valence-corrected chi connectivity index (χ2v) is 9.72. The molecule has 0 aliphatic carbocycles. The molecule has 0 saturated heterocycles. The average molecular weight is 496 g/mol. The van der Waals surface area contributed by atoms with E-state index in [2.05, 4.69) is 0 Å². The molecule has 1 heterocycles. The van der Waals surface area contributed by atoms with Crippen molar-refractivity contribution < 1.29 is 22.3 Å². The van der Waals surface area contributed by atoms with Gasteiger partial charge in [-0.15, -0.1) is 0 Å². The van der Waals surface area contributed by atoms with E-state index in [9.17, 15) is 22.4 Å². The number of hydrogen-bond donors (Lipinski definition) is 0. The third-order valence-corrected chi connectivity index (χ3v) is 7.34. The number of nitrogens with zero attached hydrogens (tertiary/aromatic N) is 3. The Morgan fingerprint density at radius 1 is 0.971 bits per heavy atom. The lowest BCUT2D eigenvalue weighted by molar-refractivity contribution is 0.0734. The highest BCUT2D eigenvalue weighted by Crippen LogP contribution is 2.25. The molecule has 0 fully saturated rings. The first-order valence-electron chi connectivity index (χ1n) is 10.5. The van der Waals surface area contributed by atoms with Crippen molar-refractivity contribution in [1.82, 2.24) is 9.36 Å². The zero-order valence-electron chi connectivity index (χ0n) is 19.2. The van der Waals surface area contributed by atoms with Crippen molar-refractivity contribution in [2.24, 2.45) is 7.05 Å². The summed E-state index contributed by atoms with van der Waals surface area (Å²) in [5, 5.41) is 0. The lowest BCUT2D eigenvalue weighted by atomic mass is 10.2. The second-order valence-electron chi connectivity index (χ2n) is 7.75. The predicted octanol–water partition coefficient (Wildman–Crippen LogP) is 3.67. The zero-order chi connectivity index (χ0) is 25.3. The Labute approximate surface area is 201 Å². The van der Waals surface area contributed by atoms with Gasteiger partial charge in [0.2, 0.25) is 0 Å². The smallest absolute Gasteiger partial charge is 0.343 e. The minimum atomic E-state index is -4.21. The Hall–Kier alpha value is -4.18. The molecule has 8 nitrogen and oxygen atoms in total. The van der Waals surface area contributed by atoms with Crippen molar-refractivity contribution in [3.63, 3.8) is 0 Å². The van der Waals surface area contributed by atoms with Crippen LogP contribution in [0, 0.1) is 12.7 Å². The van der Waals surface area contributed by atoms with Crippen LogP contribution in [0.4, 0.5) is 10.1 Å². The van der Waals surface area contributed by atoms with Crippen molar-refractivity contribution in [3.8, 4) is 11.4 Å². The number of anilines is 1. The molecule has 0 spiro atoms. The molecule has 0 bridgehead atoms. The molecular formula is C25H22FN3O5S. The van der Waals surface area contributed by atoms with Gasteiger partial charge in [0.15, 0.2) is 0 Å². The number of carbonyl (C=O) groups is 1. The van der Waals surface area contributed by atoms with Gasteiger partial charge in [0.1, 0.15) is 17.3 Å². The number of sulfonamides is 1. The van der Waals surface area contributed by atoms with Gasteiger partial charge in [-0.25, -0.2) is 22.3 Å². The third-order valence-electron chi connectivity index (χ3n) is 5.59. The van der Waals surface area contributed by atoms with Crippen LogP contribution in [0.3, 0.4) is 0 Å². The maximum atomic E-state index is 13.4. The summed E-state index contributed by atoms with van der Waals surface area (Å²) in [6.07, 6.45) is 0. The molecule has 35 heavy (non-hydrogen) atoms. The van der Waals surface area contributed by atoms with Crippen LogP contribution in [0.15, 0.2) is 88.6 Å². The number of para-hydroxylation sites is 1. The number of benzene rings is 3. The molecule has 0 saturated carbocycles. The van der Waals surface area contributed by atoms with E-state index in [4.69, 9.17) is 4.74 Å². The van der Waals surface area contributed by atoms with E-state index >= 15 is 0 Å². The Balaban J connectivity index is 1.69. The Morgan fingerprint density at radius 2 is 1.63 bits per heavy atom. The van der Waals surface area contributed by atoms with Gasteiger partial charge in [-0.2, -0.15) is 0 Å². The fourth-order valence-corrected chi connectivity index (χ4v) is 4.94. The maximum absolute atomic E-state index is 13.4. The topological polar surface area (TPSA) is 90.6 Å². The van der Waals surface area contributed by atoms with Gasteiger partial charge in [0.05, 0.1) is 21.8 Å².